The number of methoxy groups -OCH3 is 1. The minimum atomic E-state index is -4.18. The van der Waals surface area contributed by atoms with Crippen LogP contribution in [0.4, 0.5) is 13.2 Å². The fraction of sp³-hybridized carbons (Fsp3) is 0.562. The number of hydrogen-bond acceptors (Lipinski definition) is 3. The molecule has 0 aliphatic carbocycles. The van der Waals surface area contributed by atoms with Gasteiger partial charge in [-0.1, -0.05) is 18.2 Å². The monoisotopic (exact) mass is 346 g/mol. The highest BCUT2D eigenvalue weighted by Gasteiger charge is 2.28. The van der Waals surface area contributed by atoms with Gasteiger partial charge in [0, 0.05) is 25.2 Å². The van der Waals surface area contributed by atoms with Crippen LogP contribution in [-0.4, -0.2) is 57.4 Å². The van der Waals surface area contributed by atoms with Crippen molar-refractivity contribution < 1.29 is 17.9 Å². The van der Waals surface area contributed by atoms with Crippen LogP contribution < -0.4 is 15.4 Å². The van der Waals surface area contributed by atoms with E-state index < -0.39 is 12.7 Å². The molecule has 1 aromatic carbocycles. The Labute approximate surface area is 140 Å². The van der Waals surface area contributed by atoms with Crippen LogP contribution in [0.25, 0.3) is 0 Å². The lowest BCUT2D eigenvalue weighted by Crippen LogP contribution is -2.42. The molecule has 1 aromatic rings. The number of guanidine groups is 1. The van der Waals surface area contributed by atoms with Crippen molar-refractivity contribution >= 4 is 5.96 Å². The molecule has 8 heteroatoms. The number of rotatable bonds is 8. The number of alkyl halides is 3. The van der Waals surface area contributed by atoms with Crippen LogP contribution in [0.3, 0.4) is 0 Å². The van der Waals surface area contributed by atoms with E-state index in [9.17, 15) is 13.2 Å². The molecule has 136 valence electrons. The van der Waals surface area contributed by atoms with Crippen molar-refractivity contribution in [3.63, 3.8) is 0 Å². The van der Waals surface area contributed by atoms with Crippen LogP contribution in [0.1, 0.15) is 12.5 Å². The summed E-state index contributed by atoms with van der Waals surface area (Å²) in [5.41, 5.74) is 0.936. The van der Waals surface area contributed by atoms with E-state index >= 15 is 0 Å². The van der Waals surface area contributed by atoms with Gasteiger partial charge < -0.3 is 15.4 Å². The van der Waals surface area contributed by atoms with Gasteiger partial charge in [-0.05, 0) is 20.0 Å². The van der Waals surface area contributed by atoms with Gasteiger partial charge in [-0.2, -0.15) is 13.2 Å². The van der Waals surface area contributed by atoms with Gasteiger partial charge in [0.25, 0.3) is 0 Å². The van der Waals surface area contributed by atoms with E-state index in [-0.39, 0.29) is 6.54 Å². The standard InChI is InChI=1S/C16H25F3N4O/c1-4-20-15(21-9-10-23(2)12-16(17,18)19)22-11-13-7-5-6-8-14(13)24-3/h5-8H,4,9-12H2,1-3H3,(H2,20,21,22). The Hall–Kier alpha value is -1.96. The molecule has 2 N–H and O–H groups in total. The van der Waals surface area contributed by atoms with E-state index in [1.54, 1.807) is 7.11 Å². The van der Waals surface area contributed by atoms with Gasteiger partial charge in [0.2, 0.25) is 0 Å². The van der Waals surface area contributed by atoms with E-state index in [2.05, 4.69) is 15.6 Å². The number of para-hydroxylation sites is 1. The molecule has 1 rings (SSSR count). The molecule has 0 amide bonds. The van der Waals surface area contributed by atoms with Gasteiger partial charge in [0.15, 0.2) is 5.96 Å². The van der Waals surface area contributed by atoms with Crippen LogP contribution in [0.2, 0.25) is 0 Å². The van der Waals surface area contributed by atoms with Crippen molar-refractivity contribution in [3.05, 3.63) is 29.8 Å². The summed E-state index contributed by atoms with van der Waals surface area (Å²) in [5.74, 6) is 1.31. The lowest BCUT2D eigenvalue weighted by Gasteiger charge is -2.19. The van der Waals surface area contributed by atoms with E-state index in [0.717, 1.165) is 11.3 Å². The molecule has 0 heterocycles. The van der Waals surface area contributed by atoms with Gasteiger partial charge in [-0.25, -0.2) is 4.99 Å². The Morgan fingerprint density at radius 2 is 1.96 bits per heavy atom. The molecule has 0 spiro atoms. The van der Waals surface area contributed by atoms with Crippen LogP contribution >= 0.6 is 0 Å². The summed E-state index contributed by atoms with van der Waals surface area (Å²) in [5, 5.41) is 6.10. The van der Waals surface area contributed by atoms with E-state index in [1.807, 2.05) is 31.2 Å². The molecule has 0 atom stereocenters. The van der Waals surface area contributed by atoms with Crippen molar-refractivity contribution in [3.8, 4) is 5.75 Å². The predicted octanol–water partition coefficient (Wildman–Crippen LogP) is 2.24. The Morgan fingerprint density at radius 3 is 2.58 bits per heavy atom. The largest absolute Gasteiger partial charge is 0.496 e. The third-order valence-electron chi connectivity index (χ3n) is 3.18. The van der Waals surface area contributed by atoms with Gasteiger partial charge in [0.05, 0.1) is 20.2 Å². The lowest BCUT2D eigenvalue weighted by molar-refractivity contribution is -0.142. The molecular weight excluding hydrogens is 321 g/mol. The Bertz CT molecular complexity index is 520. The number of hydrogen-bond donors (Lipinski definition) is 2. The zero-order chi connectivity index (χ0) is 18.0. The van der Waals surface area contributed by atoms with Crippen molar-refractivity contribution in [1.82, 2.24) is 15.5 Å². The summed E-state index contributed by atoms with van der Waals surface area (Å²) < 4.78 is 42.1. The molecule has 0 aliphatic heterocycles. The number of likely N-dealkylation sites (N-methyl/N-ethyl adjacent to an activating group) is 1. The van der Waals surface area contributed by atoms with E-state index in [4.69, 9.17) is 4.74 Å². The van der Waals surface area contributed by atoms with Crippen molar-refractivity contribution in [1.29, 1.82) is 0 Å². The lowest BCUT2D eigenvalue weighted by atomic mass is 10.2. The quantitative estimate of drug-likeness (QED) is 0.560. The smallest absolute Gasteiger partial charge is 0.401 e. The maximum absolute atomic E-state index is 12.3. The zero-order valence-electron chi connectivity index (χ0n) is 14.3. The second-order valence-electron chi connectivity index (χ2n) is 5.29. The summed E-state index contributed by atoms with van der Waals surface area (Å²) in [4.78, 5) is 5.66. The van der Waals surface area contributed by atoms with Crippen LogP contribution in [-0.2, 0) is 6.54 Å². The average molecular weight is 346 g/mol. The second kappa shape index (κ2) is 10.0. The van der Waals surface area contributed by atoms with E-state index in [1.165, 1.54) is 11.9 Å². The van der Waals surface area contributed by atoms with Crippen LogP contribution in [0.15, 0.2) is 29.3 Å². The number of nitrogens with zero attached hydrogens (tertiary/aromatic N) is 2. The van der Waals surface area contributed by atoms with Gasteiger partial charge in [-0.3, -0.25) is 4.90 Å². The number of benzene rings is 1. The predicted molar refractivity (Wildman–Crippen MR) is 89.4 cm³/mol. The topological polar surface area (TPSA) is 48.9 Å². The summed E-state index contributed by atoms with van der Waals surface area (Å²) in [7, 11) is 3.04. The summed E-state index contributed by atoms with van der Waals surface area (Å²) in [6.07, 6.45) is -4.18. The normalized spacial score (nSPS) is 12.4. The summed E-state index contributed by atoms with van der Waals surface area (Å²) in [6.45, 7) is 2.70. The molecular formula is C16H25F3N4O. The molecule has 24 heavy (non-hydrogen) atoms. The highest BCUT2D eigenvalue weighted by Crippen LogP contribution is 2.18. The molecule has 0 radical (unpaired) electrons. The molecule has 0 saturated carbocycles. The molecule has 0 saturated heterocycles. The first kappa shape index (κ1) is 20.1. The fourth-order valence-electron chi connectivity index (χ4n) is 2.09. The maximum Gasteiger partial charge on any atom is 0.401 e. The maximum atomic E-state index is 12.3. The van der Waals surface area contributed by atoms with Crippen molar-refractivity contribution in [2.45, 2.75) is 19.6 Å². The van der Waals surface area contributed by atoms with Crippen molar-refractivity contribution in [2.75, 3.05) is 40.3 Å². The highest BCUT2D eigenvalue weighted by molar-refractivity contribution is 5.79. The fourth-order valence-corrected chi connectivity index (χ4v) is 2.09. The van der Waals surface area contributed by atoms with Gasteiger partial charge in [0.1, 0.15) is 5.75 Å². The number of halogens is 3. The SMILES string of the molecule is CCNC(=NCc1ccccc1OC)NCCN(C)CC(F)(F)F. The number of aliphatic imine (C=N–C) groups is 1. The molecule has 0 aromatic heterocycles. The Kier molecular flexibility index (Phi) is 8.39. The minimum Gasteiger partial charge on any atom is -0.496 e. The van der Waals surface area contributed by atoms with Crippen LogP contribution in [0.5, 0.6) is 5.75 Å². The molecule has 0 aliphatic rings. The Morgan fingerprint density at radius 1 is 1.25 bits per heavy atom. The molecule has 0 bridgehead atoms. The summed E-state index contributed by atoms with van der Waals surface area (Å²) >= 11 is 0. The van der Waals surface area contributed by atoms with Gasteiger partial charge in [-0.15, -0.1) is 0 Å². The molecule has 0 fully saturated rings. The number of nitrogens with one attached hydrogen (secondary N) is 2. The first-order valence-electron chi connectivity index (χ1n) is 7.75. The van der Waals surface area contributed by atoms with Gasteiger partial charge >= 0.3 is 6.18 Å². The van der Waals surface area contributed by atoms with Crippen LogP contribution in [0, 0.1) is 0 Å². The van der Waals surface area contributed by atoms with Crippen molar-refractivity contribution in [2.24, 2.45) is 4.99 Å². The second-order valence-corrected chi connectivity index (χ2v) is 5.29. The zero-order valence-corrected chi connectivity index (χ0v) is 14.3. The molecule has 0 unspecified atom stereocenters. The average Bonchev–Trinajstić information content (AvgIpc) is 2.51. The third kappa shape index (κ3) is 8.05. The minimum absolute atomic E-state index is 0.262. The first-order chi connectivity index (χ1) is 11.4. The van der Waals surface area contributed by atoms with E-state index in [0.29, 0.717) is 25.6 Å². The number of ether oxygens (including phenoxy) is 1. The third-order valence-corrected chi connectivity index (χ3v) is 3.18. The highest BCUT2D eigenvalue weighted by atomic mass is 19.4. The Balaban J connectivity index is 2.54. The summed E-state index contributed by atoms with van der Waals surface area (Å²) in [6, 6.07) is 7.56. The first-order valence-corrected chi connectivity index (χ1v) is 7.75. The molecule has 5 nitrogen and oxygen atoms in total.